The molecule has 37 heavy (non-hydrogen) atoms. The summed E-state index contributed by atoms with van der Waals surface area (Å²) >= 11 is 1.30. The van der Waals surface area contributed by atoms with Crippen molar-refractivity contribution in [3.63, 3.8) is 0 Å². The summed E-state index contributed by atoms with van der Waals surface area (Å²) < 4.78 is 22.2. The molecule has 4 rings (SSSR count). The summed E-state index contributed by atoms with van der Waals surface area (Å²) in [4.78, 5) is 38.7. The highest BCUT2D eigenvalue weighted by Crippen LogP contribution is 2.33. The monoisotopic (exact) mass is 521 g/mol. The standard InChI is InChI=1S/C28H27NO7S/c1-6-33-28(32)25-17(4)18(5)37-27(25)29-24(30)14-34-19-9-10-20-22(12-19)35-13-23(26(20)31)36-21-11-15(2)7-8-16(21)3/h7-13H,6,14H2,1-5H3,(H,29,30). The summed E-state index contributed by atoms with van der Waals surface area (Å²) in [5, 5.41) is 3.47. The van der Waals surface area contributed by atoms with E-state index in [0.717, 1.165) is 21.6 Å². The van der Waals surface area contributed by atoms with Crippen LogP contribution in [0.1, 0.15) is 38.8 Å². The Hall–Kier alpha value is -4.11. The van der Waals surface area contributed by atoms with Gasteiger partial charge >= 0.3 is 5.97 Å². The van der Waals surface area contributed by atoms with Crippen LogP contribution < -0.4 is 20.2 Å². The van der Waals surface area contributed by atoms with Crippen LogP contribution in [0.15, 0.2) is 51.9 Å². The number of hydrogen-bond acceptors (Lipinski definition) is 8. The second-order valence-corrected chi connectivity index (χ2v) is 9.73. The van der Waals surface area contributed by atoms with Crippen molar-refractivity contribution in [3.8, 4) is 17.2 Å². The molecular formula is C28H27NO7S. The van der Waals surface area contributed by atoms with Gasteiger partial charge in [-0.15, -0.1) is 11.3 Å². The molecule has 2 aromatic heterocycles. The lowest BCUT2D eigenvalue weighted by Crippen LogP contribution is -2.21. The fourth-order valence-electron chi connectivity index (χ4n) is 3.66. The lowest BCUT2D eigenvalue weighted by Gasteiger charge is -2.10. The second kappa shape index (κ2) is 10.9. The van der Waals surface area contributed by atoms with Gasteiger partial charge in [-0.1, -0.05) is 12.1 Å². The van der Waals surface area contributed by atoms with Crippen LogP contribution in [-0.2, 0) is 9.53 Å². The highest BCUT2D eigenvalue weighted by atomic mass is 32.1. The number of rotatable bonds is 8. The summed E-state index contributed by atoms with van der Waals surface area (Å²) in [6.45, 7) is 9.18. The molecule has 1 N–H and O–H groups in total. The van der Waals surface area contributed by atoms with Gasteiger partial charge in [-0.3, -0.25) is 9.59 Å². The van der Waals surface area contributed by atoms with E-state index in [2.05, 4.69) is 5.32 Å². The van der Waals surface area contributed by atoms with Gasteiger partial charge in [0, 0.05) is 10.9 Å². The Morgan fingerprint density at radius 2 is 1.81 bits per heavy atom. The fourth-order valence-corrected chi connectivity index (χ4v) is 4.73. The fraction of sp³-hybridized carbons (Fsp3) is 0.250. The highest BCUT2D eigenvalue weighted by Gasteiger charge is 2.22. The highest BCUT2D eigenvalue weighted by molar-refractivity contribution is 7.16. The van der Waals surface area contributed by atoms with Gasteiger partial charge in [-0.05, 0) is 69.5 Å². The van der Waals surface area contributed by atoms with Crippen LogP contribution in [0.3, 0.4) is 0 Å². The topological polar surface area (TPSA) is 104 Å². The molecule has 0 atom stereocenters. The largest absolute Gasteiger partial charge is 0.484 e. The first kappa shape index (κ1) is 26.0. The van der Waals surface area contributed by atoms with E-state index in [4.69, 9.17) is 18.6 Å². The number of carbonyl (C=O) groups excluding carboxylic acids is 2. The molecule has 0 fully saturated rings. The maximum absolute atomic E-state index is 12.9. The Bertz CT molecular complexity index is 1550. The van der Waals surface area contributed by atoms with E-state index in [0.29, 0.717) is 33.0 Å². The molecule has 0 radical (unpaired) electrons. The van der Waals surface area contributed by atoms with Gasteiger partial charge in [-0.25, -0.2) is 4.79 Å². The van der Waals surface area contributed by atoms with E-state index in [1.807, 2.05) is 45.9 Å². The molecule has 2 heterocycles. The molecule has 0 bridgehead atoms. The van der Waals surface area contributed by atoms with Crippen molar-refractivity contribution in [1.29, 1.82) is 0 Å². The number of benzene rings is 2. The van der Waals surface area contributed by atoms with E-state index in [-0.39, 0.29) is 24.4 Å². The number of fused-ring (bicyclic) bond motifs is 1. The summed E-state index contributed by atoms with van der Waals surface area (Å²) in [5.74, 6) is 0.0860. The van der Waals surface area contributed by atoms with Gasteiger partial charge in [0.25, 0.3) is 5.91 Å². The van der Waals surface area contributed by atoms with Crippen LogP contribution in [-0.4, -0.2) is 25.1 Å². The molecule has 8 nitrogen and oxygen atoms in total. The molecule has 9 heteroatoms. The Labute approximate surface area is 217 Å². The Kier molecular flexibility index (Phi) is 7.63. The normalized spacial score (nSPS) is 10.8. The molecule has 0 aliphatic heterocycles. The van der Waals surface area contributed by atoms with Crippen molar-refractivity contribution in [2.75, 3.05) is 18.5 Å². The van der Waals surface area contributed by atoms with Gasteiger partial charge in [-0.2, -0.15) is 0 Å². The number of esters is 1. The van der Waals surface area contributed by atoms with Crippen LogP contribution >= 0.6 is 11.3 Å². The maximum Gasteiger partial charge on any atom is 0.341 e. The minimum Gasteiger partial charge on any atom is -0.484 e. The molecule has 0 saturated heterocycles. The predicted molar refractivity (Wildman–Crippen MR) is 142 cm³/mol. The van der Waals surface area contributed by atoms with Crippen molar-refractivity contribution >= 4 is 39.2 Å². The molecule has 0 saturated carbocycles. The number of ether oxygens (including phenoxy) is 3. The third kappa shape index (κ3) is 5.67. The van der Waals surface area contributed by atoms with E-state index in [1.54, 1.807) is 19.1 Å². The lowest BCUT2D eigenvalue weighted by atomic mass is 10.1. The van der Waals surface area contributed by atoms with E-state index in [1.165, 1.54) is 23.7 Å². The minimum absolute atomic E-state index is 0.0770. The number of thiophene rings is 1. The number of aryl methyl sites for hydroxylation is 3. The summed E-state index contributed by atoms with van der Waals surface area (Å²) in [6.07, 6.45) is 1.27. The van der Waals surface area contributed by atoms with Gasteiger partial charge in [0.15, 0.2) is 6.61 Å². The molecule has 0 aliphatic rings. The molecule has 4 aromatic rings. The van der Waals surface area contributed by atoms with Crippen LogP contribution in [0.2, 0.25) is 0 Å². The second-order valence-electron chi connectivity index (χ2n) is 8.50. The summed E-state index contributed by atoms with van der Waals surface area (Å²) in [7, 11) is 0. The van der Waals surface area contributed by atoms with E-state index < -0.39 is 11.9 Å². The number of carbonyl (C=O) groups is 2. The zero-order valence-electron chi connectivity index (χ0n) is 21.2. The number of nitrogens with one attached hydrogen (secondary N) is 1. The third-order valence-corrected chi connectivity index (χ3v) is 6.89. The summed E-state index contributed by atoms with van der Waals surface area (Å²) in [5.41, 5.74) is 3.01. The lowest BCUT2D eigenvalue weighted by molar-refractivity contribution is -0.118. The molecule has 2 aromatic carbocycles. The van der Waals surface area contributed by atoms with Crippen LogP contribution in [0.4, 0.5) is 5.00 Å². The van der Waals surface area contributed by atoms with Crippen molar-refractivity contribution in [3.05, 3.63) is 80.0 Å². The Morgan fingerprint density at radius 1 is 1.03 bits per heavy atom. The van der Waals surface area contributed by atoms with Crippen LogP contribution in [0.5, 0.6) is 17.2 Å². The third-order valence-electron chi connectivity index (χ3n) is 5.77. The van der Waals surface area contributed by atoms with E-state index in [9.17, 15) is 14.4 Å². The molecule has 1 amide bonds. The zero-order chi connectivity index (χ0) is 26.7. The average Bonchev–Trinajstić information content (AvgIpc) is 3.14. The van der Waals surface area contributed by atoms with Crippen molar-refractivity contribution < 1.29 is 28.2 Å². The Morgan fingerprint density at radius 3 is 2.57 bits per heavy atom. The first-order chi connectivity index (χ1) is 17.7. The SMILES string of the molecule is CCOC(=O)c1c(NC(=O)COc2ccc3c(=O)c(Oc4cc(C)ccc4C)coc3c2)sc(C)c1C. The first-order valence-corrected chi connectivity index (χ1v) is 12.5. The molecule has 0 unspecified atom stereocenters. The maximum atomic E-state index is 12.9. The van der Waals surface area contributed by atoms with Crippen molar-refractivity contribution in [2.24, 2.45) is 0 Å². The molecular weight excluding hydrogens is 494 g/mol. The number of hydrogen-bond donors (Lipinski definition) is 1. The summed E-state index contributed by atoms with van der Waals surface area (Å²) in [6, 6.07) is 10.4. The number of anilines is 1. The van der Waals surface area contributed by atoms with Crippen LogP contribution in [0.25, 0.3) is 11.0 Å². The number of amides is 1. The minimum atomic E-state index is -0.481. The van der Waals surface area contributed by atoms with Gasteiger partial charge < -0.3 is 23.9 Å². The smallest absolute Gasteiger partial charge is 0.341 e. The van der Waals surface area contributed by atoms with Crippen molar-refractivity contribution in [1.82, 2.24) is 0 Å². The average molecular weight is 522 g/mol. The Balaban J connectivity index is 1.46. The molecule has 0 spiro atoms. The van der Waals surface area contributed by atoms with Gasteiger partial charge in [0.1, 0.15) is 28.3 Å². The first-order valence-electron chi connectivity index (χ1n) is 11.7. The quantitative estimate of drug-likeness (QED) is 0.280. The van der Waals surface area contributed by atoms with Gasteiger partial charge in [0.2, 0.25) is 11.2 Å². The van der Waals surface area contributed by atoms with E-state index >= 15 is 0 Å². The van der Waals surface area contributed by atoms with Crippen LogP contribution in [0, 0.1) is 27.7 Å². The van der Waals surface area contributed by atoms with Crippen molar-refractivity contribution in [2.45, 2.75) is 34.6 Å². The van der Waals surface area contributed by atoms with Gasteiger partial charge in [0.05, 0.1) is 17.6 Å². The predicted octanol–water partition coefficient (Wildman–Crippen LogP) is 6.07. The molecule has 192 valence electrons. The molecule has 0 aliphatic carbocycles. The zero-order valence-corrected chi connectivity index (χ0v) is 22.0.